The van der Waals surface area contributed by atoms with Crippen molar-refractivity contribution in [1.82, 2.24) is 0 Å². The van der Waals surface area contributed by atoms with E-state index in [1.54, 1.807) is 0 Å². The third kappa shape index (κ3) is 43.4. The molecule has 0 rings (SSSR count). The molecule has 0 bridgehead atoms. The summed E-state index contributed by atoms with van der Waals surface area (Å²) in [4.78, 5) is 38.7. The fourth-order valence-corrected chi connectivity index (χ4v) is 9.73. The van der Waals surface area contributed by atoms with E-state index in [1.165, 1.54) is 193 Å². The van der Waals surface area contributed by atoms with Crippen molar-refractivity contribution >= 4 is 33.1 Å². The number of carbonyl (C=O) groups is 3. The fourth-order valence-electron chi connectivity index (χ4n) is 8.54. The lowest BCUT2D eigenvalue weighted by Gasteiger charge is -2.19. The van der Waals surface area contributed by atoms with Gasteiger partial charge >= 0.3 is 33.1 Å². The van der Waals surface area contributed by atoms with Gasteiger partial charge in [-0.2, -0.15) is 0 Å². The molecule has 0 aliphatic rings. The number of rotatable bonds is 51. The molecule has 0 saturated heterocycles. The summed E-state index contributed by atoms with van der Waals surface area (Å²) in [7, 11) is 0. The minimum absolute atomic E-state index is 0.184. The molecular weight excluding hydrogens is 820 g/mol. The van der Waals surface area contributed by atoms with Crippen molar-refractivity contribution in [2.24, 2.45) is 0 Å². The lowest BCUT2D eigenvalue weighted by molar-refractivity contribution is -0.159. The second kappa shape index (κ2) is 49.7. The first-order valence-corrected chi connectivity index (χ1v) is 29.3. The second-order valence-electron chi connectivity index (χ2n) is 19.3. The van der Waals surface area contributed by atoms with Gasteiger partial charge in [0.1, 0.15) is 18.3 Å². The Kier molecular flexibility index (Phi) is 48.8. The minimum Gasteiger partial charge on any atom is -0.549 e. The minimum atomic E-state index is -3.84. The Morgan fingerprint density at radius 1 is 0.281 bits per heavy atom. The van der Waals surface area contributed by atoms with E-state index in [-0.39, 0.29) is 19.3 Å². The third-order valence-corrected chi connectivity index (χ3v) is 14.2. The molecular formula is C54H105AlO9. The molecule has 3 atom stereocenters. The molecule has 0 aliphatic heterocycles. The molecule has 3 N–H and O–H groups in total. The summed E-state index contributed by atoms with van der Waals surface area (Å²) in [5.41, 5.74) is 0. The van der Waals surface area contributed by atoms with Crippen LogP contribution >= 0.6 is 0 Å². The summed E-state index contributed by atoms with van der Waals surface area (Å²) in [6.45, 7) is 6.75. The maximum atomic E-state index is 12.9. The molecule has 0 radical (unpaired) electrons. The molecule has 64 heavy (non-hydrogen) atoms. The predicted octanol–water partition coefficient (Wildman–Crippen LogP) is 15.3. The second-order valence-corrected chi connectivity index (χ2v) is 20.6. The summed E-state index contributed by atoms with van der Waals surface area (Å²) in [6.07, 6.45) is 46.4. The average Bonchev–Trinajstić information content (AvgIpc) is 3.28. The van der Waals surface area contributed by atoms with E-state index in [0.717, 1.165) is 57.8 Å². The van der Waals surface area contributed by atoms with E-state index in [0.29, 0.717) is 19.3 Å². The number of unbranched alkanes of at least 4 members (excludes halogenated alkanes) is 39. The van der Waals surface area contributed by atoms with Crippen molar-refractivity contribution in [3.05, 3.63) is 0 Å². The molecule has 3 unspecified atom stereocenters. The predicted molar refractivity (Wildman–Crippen MR) is 267 cm³/mol. The molecule has 0 heterocycles. The zero-order chi connectivity index (χ0) is 47.0. The zero-order valence-electron chi connectivity index (χ0n) is 42.4. The summed E-state index contributed by atoms with van der Waals surface area (Å²) >= 11 is -3.84. The molecule has 378 valence electrons. The quantitative estimate of drug-likeness (QED) is 0.0402. The molecule has 0 fully saturated rings. The van der Waals surface area contributed by atoms with Crippen LogP contribution in [-0.4, -0.2) is 66.7 Å². The lowest BCUT2D eigenvalue weighted by Crippen LogP contribution is -2.42. The lowest BCUT2D eigenvalue weighted by atomic mass is 10.0. The Labute approximate surface area is 400 Å². The summed E-state index contributed by atoms with van der Waals surface area (Å²) in [5, 5.41) is 31.8. The van der Waals surface area contributed by atoms with Crippen molar-refractivity contribution in [1.29, 1.82) is 0 Å². The zero-order valence-corrected chi connectivity index (χ0v) is 43.6. The van der Waals surface area contributed by atoms with Gasteiger partial charge in [-0.15, -0.1) is 0 Å². The first kappa shape index (κ1) is 62.8. The van der Waals surface area contributed by atoms with E-state index in [4.69, 9.17) is 11.4 Å². The molecule has 0 spiro atoms. The van der Waals surface area contributed by atoms with Crippen molar-refractivity contribution in [2.45, 2.75) is 328 Å². The summed E-state index contributed by atoms with van der Waals surface area (Å²) in [5.74, 6) is -3.06. The molecule has 0 amide bonds. The highest BCUT2D eigenvalue weighted by Crippen LogP contribution is 2.18. The van der Waals surface area contributed by atoms with Crippen molar-refractivity contribution in [3.63, 3.8) is 0 Å². The van der Waals surface area contributed by atoms with Crippen molar-refractivity contribution < 1.29 is 41.1 Å². The van der Waals surface area contributed by atoms with Crippen LogP contribution in [-0.2, 0) is 25.7 Å². The first-order chi connectivity index (χ1) is 31.3. The Morgan fingerprint density at radius 2 is 0.422 bits per heavy atom. The van der Waals surface area contributed by atoms with Gasteiger partial charge in [0.2, 0.25) is 0 Å². The molecule has 0 aromatic carbocycles. The van der Waals surface area contributed by atoms with Gasteiger partial charge < -0.3 is 26.7 Å². The van der Waals surface area contributed by atoms with Crippen LogP contribution in [0.3, 0.4) is 0 Å². The van der Waals surface area contributed by atoms with E-state index in [2.05, 4.69) is 20.8 Å². The van der Waals surface area contributed by atoms with Crippen LogP contribution in [0.4, 0.5) is 0 Å². The molecule has 0 aliphatic carbocycles. The number of aliphatic hydroxyl groups excluding tert-OH is 3. The van der Waals surface area contributed by atoms with E-state index < -0.39 is 51.4 Å². The van der Waals surface area contributed by atoms with E-state index in [1.807, 2.05) is 0 Å². The average molecular weight is 925 g/mol. The standard InChI is InChI=1S/3C18H36O3.Al/c3*1-2-3-4-5-6-7-8-9-10-11-12-13-14-15-16-17(19)18(20)21;/h3*17,19H,2-16H2,1H3,(H,20,21);/q;;;+3/p-3. The smallest absolute Gasteiger partial charge is 0.549 e. The van der Waals surface area contributed by atoms with Crippen molar-refractivity contribution in [2.75, 3.05) is 0 Å². The van der Waals surface area contributed by atoms with Crippen LogP contribution in [0.25, 0.3) is 0 Å². The number of hydrogen-bond acceptors (Lipinski definition) is 9. The number of carbonyl (C=O) groups excluding carboxylic acids is 3. The van der Waals surface area contributed by atoms with Gasteiger partial charge in [0.05, 0.1) is 0 Å². The van der Waals surface area contributed by atoms with Crippen LogP contribution in [0, 0.1) is 0 Å². The maximum absolute atomic E-state index is 12.9. The Hall–Kier alpha value is -1.18. The Bertz CT molecular complexity index is 890. The highest BCUT2D eigenvalue weighted by Gasteiger charge is 2.51. The first-order valence-electron chi connectivity index (χ1n) is 27.9. The van der Waals surface area contributed by atoms with Gasteiger partial charge in [-0.3, -0.25) is 14.4 Å². The highest BCUT2D eigenvalue weighted by atomic mass is 27.3. The normalized spacial score (nSPS) is 12.8. The van der Waals surface area contributed by atoms with Gasteiger partial charge in [-0.25, -0.2) is 0 Å². The van der Waals surface area contributed by atoms with Crippen LogP contribution in [0.2, 0.25) is 0 Å². The fraction of sp³-hybridized carbons (Fsp3) is 0.944. The van der Waals surface area contributed by atoms with Gasteiger partial charge in [0.15, 0.2) is 0 Å². The van der Waals surface area contributed by atoms with Crippen LogP contribution in [0.1, 0.15) is 310 Å². The van der Waals surface area contributed by atoms with E-state index >= 15 is 0 Å². The molecule has 9 nitrogen and oxygen atoms in total. The molecule has 0 aromatic rings. The van der Waals surface area contributed by atoms with Crippen molar-refractivity contribution in [3.8, 4) is 0 Å². The third-order valence-electron chi connectivity index (χ3n) is 12.9. The van der Waals surface area contributed by atoms with Gasteiger partial charge in [0.25, 0.3) is 0 Å². The topological polar surface area (TPSA) is 140 Å². The molecule has 0 aromatic heterocycles. The van der Waals surface area contributed by atoms with E-state index in [9.17, 15) is 29.7 Å². The Morgan fingerprint density at radius 3 is 0.578 bits per heavy atom. The molecule has 10 heteroatoms. The van der Waals surface area contributed by atoms with Gasteiger partial charge in [-0.05, 0) is 19.3 Å². The maximum Gasteiger partial charge on any atom is 1.20 e. The number of aliphatic hydroxyl groups is 3. The highest BCUT2D eigenvalue weighted by molar-refractivity contribution is 6.44. The summed E-state index contributed by atoms with van der Waals surface area (Å²) < 4.78 is 16.0. The summed E-state index contributed by atoms with van der Waals surface area (Å²) in [6, 6.07) is 0. The number of hydrogen-bond donors (Lipinski definition) is 3. The largest absolute Gasteiger partial charge is 1.20 e. The van der Waals surface area contributed by atoms with Gasteiger partial charge in [-0.1, -0.05) is 290 Å². The Balaban J connectivity index is 4.66. The van der Waals surface area contributed by atoms with Crippen LogP contribution < -0.4 is 0 Å². The monoisotopic (exact) mass is 925 g/mol. The van der Waals surface area contributed by atoms with Crippen LogP contribution in [0.5, 0.6) is 0 Å². The van der Waals surface area contributed by atoms with Crippen LogP contribution in [0.15, 0.2) is 0 Å². The SMILES string of the molecule is CCCCCCCCCCCCCCCCC(O)C(=O)[O][Al]([O]C(=O)C(O)CCCCCCCCCCCCCCCC)[O]C(=O)C(O)CCCCCCCCCCCCCCCC. The van der Waals surface area contributed by atoms with Gasteiger partial charge in [0, 0.05) is 0 Å². The molecule has 0 saturated carbocycles.